The topological polar surface area (TPSA) is 75.5 Å². The van der Waals surface area contributed by atoms with E-state index in [1.165, 1.54) is 13.0 Å². The summed E-state index contributed by atoms with van der Waals surface area (Å²) in [5.74, 6) is -0.0230. The number of anilines is 1. The molecule has 1 fully saturated rings. The molecule has 2 rings (SSSR count). The first-order chi connectivity index (χ1) is 8.97. The number of rotatable bonds is 3. The fraction of sp³-hybridized carbons (Fsp3) is 0.417. The number of carbonyl (C=O) groups excluding carboxylic acids is 1. The summed E-state index contributed by atoms with van der Waals surface area (Å²) >= 11 is 1.97. The molecule has 1 saturated heterocycles. The highest BCUT2D eigenvalue weighted by molar-refractivity contribution is 14.1. The second-order valence-electron chi connectivity index (χ2n) is 4.52. The number of hydrogen-bond donors (Lipinski definition) is 1. The van der Waals surface area contributed by atoms with Crippen molar-refractivity contribution in [1.29, 1.82) is 0 Å². The van der Waals surface area contributed by atoms with Gasteiger partial charge in [-0.05, 0) is 41.1 Å². The molecule has 0 aromatic heterocycles. The molecule has 0 saturated carbocycles. The predicted molar refractivity (Wildman–Crippen MR) is 80.2 cm³/mol. The Kier molecular flexibility index (Phi) is 4.23. The van der Waals surface area contributed by atoms with Crippen molar-refractivity contribution in [1.82, 2.24) is 5.32 Å². The average molecular weight is 375 g/mol. The Morgan fingerprint density at radius 3 is 2.89 bits per heavy atom. The number of nitrogens with zero attached hydrogens (tertiary/aromatic N) is 2. The molecule has 1 aromatic carbocycles. The number of hydrogen-bond acceptors (Lipinski definition) is 4. The van der Waals surface area contributed by atoms with E-state index >= 15 is 0 Å². The summed E-state index contributed by atoms with van der Waals surface area (Å²) in [7, 11) is 0. The fourth-order valence-electron chi connectivity index (χ4n) is 2.24. The fourth-order valence-corrected chi connectivity index (χ4v) is 2.94. The molecule has 1 unspecified atom stereocenters. The normalized spacial score (nSPS) is 18.4. The molecule has 6 nitrogen and oxygen atoms in total. The van der Waals surface area contributed by atoms with Gasteiger partial charge in [-0.3, -0.25) is 14.9 Å². The Balaban J connectivity index is 2.09. The first kappa shape index (κ1) is 14.0. The molecule has 1 amide bonds. The highest BCUT2D eigenvalue weighted by Crippen LogP contribution is 2.28. The summed E-state index contributed by atoms with van der Waals surface area (Å²) in [5, 5.41) is 13.7. The quantitative estimate of drug-likeness (QED) is 0.498. The smallest absolute Gasteiger partial charge is 0.282 e. The third kappa shape index (κ3) is 3.34. The maximum atomic E-state index is 11.0. The average Bonchev–Trinajstić information content (AvgIpc) is 2.75. The maximum Gasteiger partial charge on any atom is 0.282 e. The lowest BCUT2D eigenvalue weighted by Gasteiger charge is -2.19. The van der Waals surface area contributed by atoms with Crippen LogP contribution >= 0.6 is 22.6 Å². The second-order valence-corrected chi connectivity index (χ2v) is 5.69. The van der Waals surface area contributed by atoms with Crippen molar-refractivity contribution in [3.05, 3.63) is 31.9 Å². The van der Waals surface area contributed by atoms with Gasteiger partial charge in [0.1, 0.15) is 0 Å². The van der Waals surface area contributed by atoms with E-state index < -0.39 is 0 Å². The Morgan fingerprint density at radius 2 is 2.32 bits per heavy atom. The van der Waals surface area contributed by atoms with Gasteiger partial charge in [-0.2, -0.15) is 0 Å². The van der Waals surface area contributed by atoms with Gasteiger partial charge in [0.2, 0.25) is 5.91 Å². The van der Waals surface area contributed by atoms with Crippen LogP contribution in [0.4, 0.5) is 11.4 Å². The monoisotopic (exact) mass is 375 g/mol. The van der Waals surface area contributed by atoms with Crippen LogP contribution in [-0.2, 0) is 4.79 Å². The van der Waals surface area contributed by atoms with E-state index in [9.17, 15) is 14.9 Å². The van der Waals surface area contributed by atoms with Crippen LogP contribution in [0.25, 0.3) is 0 Å². The molecule has 19 heavy (non-hydrogen) atoms. The Bertz CT molecular complexity index is 521. The number of halogens is 1. The zero-order valence-electron chi connectivity index (χ0n) is 10.4. The number of amides is 1. The summed E-state index contributed by atoms with van der Waals surface area (Å²) in [4.78, 5) is 23.5. The van der Waals surface area contributed by atoms with Gasteiger partial charge < -0.3 is 10.2 Å². The standard InChI is InChI=1S/C12H14IN3O3/c1-8(17)14-9-4-5-15(7-9)10-2-3-12(16(18)19)11(13)6-10/h2-3,6,9H,4-5,7H2,1H3,(H,14,17). The third-order valence-electron chi connectivity index (χ3n) is 3.09. The van der Waals surface area contributed by atoms with E-state index in [2.05, 4.69) is 10.2 Å². The van der Waals surface area contributed by atoms with Crippen molar-refractivity contribution in [3.63, 3.8) is 0 Å². The Labute approximate surface area is 124 Å². The van der Waals surface area contributed by atoms with Gasteiger partial charge in [0.15, 0.2) is 0 Å². The third-order valence-corrected chi connectivity index (χ3v) is 3.95. The molecular formula is C12H14IN3O3. The van der Waals surface area contributed by atoms with E-state index in [1.54, 1.807) is 6.07 Å². The summed E-state index contributed by atoms with van der Waals surface area (Å²) in [6, 6.07) is 5.26. The minimum Gasteiger partial charge on any atom is -0.369 e. The summed E-state index contributed by atoms with van der Waals surface area (Å²) < 4.78 is 0.628. The van der Waals surface area contributed by atoms with Gasteiger partial charge in [0.05, 0.1) is 8.49 Å². The van der Waals surface area contributed by atoms with Gasteiger partial charge in [-0.1, -0.05) is 0 Å². The van der Waals surface area contributed by atoms with Crippen molar-refractivity contribution in [2.45, 2.75) is 19.4 Å². The predicted octanol–water partition coefficient (Wildman–Crippen LogP) is 1.91. The van der Waals surface area contributed by atoms with Crippen LogP contribution < -0.4 is 10.2 Å². The molecule has 1 aromatic rings. The van der Waals surface area contributed by atoms with Gasteiger partial charge in [0, 0.05) is 37.8 Å². The molecule has 102 valence electrons. The molecule has 1 atom stereocenters. The van der Waals surface area contributed by atoms with E-state index in [-0.39, 0.29) is 22.6 Å². The number of nitro groups is 1. The van der Waals surface area contributed by atoms with E-state index in [0.29, 0.717) is 3.57 Å². The molecule has 0 spiro atoms. The molecule has 1 aliphatic rings. The number of benzene rings is 1. The highest BCUT2D eigenvalue weighted by atomic mass is 127. The van der Waals surface area contributed by atoms with Crippen molar-refractivity contribution in [3.8, 4) is 0 Å². The minimum absolute atomic E-state index is 0.0230. The van der Waals surface area contributed by atoms with Crippen molar-refractivity contribution in [2.75, 3.05) is 18.0 Å². The largest absolute Gasteiger partial charge is 0.369 e. The lowest BCUT2D eigenvalue weighted by Crippen LogP contribution is -2.35. The summed E-state index contributed by atoms with van der Waals surface area (Å²) in [6.07, 6.45) is 0.896. The Hall–Kier alpha value is -1.38. The van der Waals surface area contributed by atoms with Crippen LogP contribution in [0.3, 0.4) is 0 Å². The van der Waals surface area contributed by atoms with Crippen LogP contribution in [0.5, 0.6) is 0 Å². The van der Waals surface area contributed by atoms with Crippen LogP contribution in [0.1, 0.15) is 13.3 Å². The van der Waals surface area contributed by atoms with Crippen molar-refractivity contribution < 1.29 is 9.72 Å². The molecule has 1 heterocycles. The Morgan fingerprint density at radius 1 is 1.58 bits per heavy atom. The molecule has 1 aliphatic heterocycles. The molecule has 0 radical (unpaired) electrons. The van der Waals surface area contributed by atoms with Crippen LogP contribution in [-0.4, -0.2) is 30.0 Å². The molecule has 1 N–H and O–H groups in total. The van der Waals surface area contributed by atoms with Crippen LogP contribution in [0.2, 0.25) is 0 Å². The SMILES string of the molecule is CC(=O)NC1CCN(c2ccc([N+](=O)[O-])c(I)c2)C1. The summed E-state index contributed by atoms with van der Waals surface area (Å²) in [6.45, 7) is 3.10. The van der Waals surface area contributed by atoms with E-state index in [4.69, 9.17) is 0 Å². The van der Waals surface area contributed by atoms with Gasteiger partial charge in [-0.25, -0.2) is 0 Å². The van der Waals surface area contributed by atoms with E-state index in [0.717, 1.165) is 25.2 Å². The van der Waals surface area contributed by atoms with E-state index in [1.807, 2.05) is 28.7 Å². The molecule has 0 aliphatic carbocycles. The van der Waals surface area contributed by atoms with Crippen molar-refractivity contribution >= 4 is 39.9 Å². The first-order valence-corrected chi connectivity index (χ1v) is 7.01. The summed E-state index contributed by atoms with van der Waals surface area (Å²) in [5.41, 5.74) is 1.09. The van der Waals surface area contributed by atoms with Crippen LogP contribution in [0, 0.1) is 13.7 Å². The van der Waals surface area contributed by atoms with Gasteiger partial charge >= 0.3 is 0 Å². The molecular weight excluding hydrogens is 361 g/mol. The van der Waals surface area contributed by atoms with Crippen LogP contribution in [0.15, 0.2) is 18.2 Å². The van der Waals surface area contributed by atoms with Gasteiger partial charge in [-0.15, -0.1) is 0 Å². The zero-order chi connectivity index (χ0) is 14.0. The maximum absolute atomic E-state index is 11.0. The molecule has 7 heteroatoms. The van der Waals surface area contributed by atoms with Crippen molar-refractivity contribution in [2.24, 2.45) is 0 Å². The number of carbonyl (C=O) groups is 1. The zero-order valence-corrected chi connectivity index (χ0v) is 12.6. The lowest BCUT2D eigenvalue weighted by atomic mass is 10.2. The first-order valence-electron chi connectivity index (χ1n) is 5.93. The number of nitrogens with one attached hydrogen (secondary N) is 1. The molecule has 0 bridgehead atoms. The second kappa shape index (κ2) is 5.72. The highest BCUT2D eigenvalue weighted by Gasteiger charge is 2.24. The lowest BCUT2D eigenvalue weighted by molar-refractivity contribution is -0.385. The van der Waals surface area contributed by atoms with Gasteiger partial charge in [0.25, 0.3) is 5.69 Å². The minimum atomic E-state index is -0.379. The number of nitro benzene ring substituents is 1.